The molecule has 0 bridgehead atoms. The van der Waals surface area contributed by atoms with Crippen LogP contribution in [0.25, 0.3) is 0 Å². The minimum absolute atomic E-state index is 0.0332. The van der Waals surface area contributed by atoms with Crippen molar-refractivity contribution >= 4 is 10.0 Å². The van der Waals surface area contributed by atoms with Crippen molar-refractivity contribution in [2.24, 2.45) is 5.92 Å². The first-order valence-electron chi connectivity index (χ1n) is 7.15. The summed E-state index contributed by atoms with van der Waals surface area (Å²) in [6.45, 7) is 6.77. The third-order valence-electron chi connectivity index (χ3n) is 3.88. The summed E-state index contributed by atoms with van der Waals surface area (Å²) in [7, 11) is -3.39. The van der Waals surface area contributed by atoms with E-state index in [1.54, 1.807) is 24.3 Å². The second-order valence-electron chi connectivity index (χ2n) is 5.63. The molecule has 1 aromatic carbocycles. The predicted octanol–water partition coefficient (Wildman–Crippen LogP) is 1.32. The van der Waals surface area contributed by atoms with Crippen LogP contribution in [0.2, 0.25) is 0 Å². The Labute approximate surface area is 126 Å². The van der Waals surface area contributed by atoms with E-state index in [1.165, 1.54) is 0 Å². The number of nitrogens with one attached hydrogen (secondary N) is 1. The van der Waals surface area contributed by atoms with Gasteiger partial charge in [-0.2, -0.15) is 5.26 Å². The lowest BCUT2D eigenvalue weighted by Gasteiger charge is -2.17. The molecule has 2 rings (SSSR count). The van der Waals surface area contributed by atoms with Crippen LogP contribution in [0.5, 0.6) is 0 Å². The average Bonchev–Trinajstić information content (AvgIpc) is 2.78. The number of likely N-dealkylation sites (tertiary alicyclic amines) is 1. The summed E-state index contributed by atoms with van der Waals surface area (Å²) in [6.07, 6.45) is 0. The van der Waals surface area contributed by atoms with Crippen molar-refractivity contribution in [3.8, 4) is 6.07 Å². The van der Waals surface area contributed by atoms with Crippen molar-refractivity contribution in [1.82, 2.24) is 9.62 Å². The number of hydrogen-bond donors (Lipinski definition) is 1. The highest BCUT2D eigenvalue weighted by molar-refractivity contribution is 7.88. The monoisotopic (exact) mass is 307 g/mol. The van der Waals surface area contributed by atoms with Crippen LogP contribution >= 0.6 is 0 Å². The second kappa shape index (κ2) is 6.56. The maximum Gasteiger partial charge on any atom is 0.216 e. The van der Waals surface area contributed by atoms with Gasteiger partial charge in [-0.3, -0.25) is 0 Å². The molecule has 0 amide bonds. The number of hydrogen-bond acceptors (Lipinski definition) is 4. The van der Waals surface area contributed by atoms with Crippen LogP contribution < -0.4 is 4.72 Å². The van der Waals surface area contributed by atoms with E-state index in [2.05, 4.69) is 23.5 Å². The van der Waals surface area contributed by atoms with Crippen molar-refractivity contribution < 1.29 is 8.42 Å². The molecule has 21 heavy (non-hydrogen) atoms. The van der Waals surface area contributed by atoms with E-state index in [4.69, 9.17) is 5.26 Å². The SMILES string of the molecule is CCN1C[C@H](C)[C@H](NS(=O)(=O)Cc2cccc(C#N)c2)C1. The van der Waals surface area contributed by atoms with Gasteiger partial charge in [0.15, 0.2) is 0 Å². The zero-order valence-electron chi connectivity index (χ0n) is 12.4. The standard InChI is InChI=1S/C15H21N3O2S/c1-3-18-9-12(2)15(10-18)17-21(19,20)11-14-6-4-5-13(7-14)8-16/h4-7,12,15,17H,3,9-11H2,1-2H3/t12-,15+/m0/s1. The van der Waals surface area contributed by atoms with Crippen molar-refractivity contribution in [3.63, 3.8) is 0 Å². The first kappa shape index (κ1) is 16.0. The minimum Gasteiger partial charge on any atom is -0.302 e. The Morgan fingerprint density at radius 2 is 2.19 bits per heavy atom. The van der Waals surface area contributed by atoms with Crippen LogP contribution in [-0.4, -0.2) is 39.0 Å². The molecule has 0 unspecified atom stereocenters. The van der Waals surface area contributed by atoms with Gasteiger partial charge < -0.3 is 4.90 Å². The maximum absolute atomic E-state index is 12.3. The van der Waals surface area contributed by atoms with E-state index in [0.717, 1.165) is 19.6 Å². The Balaban J connectivity index is 2.04. The van der Waals surface area contributed by atoms with Crippen molar-refractivity contribution in [3.05, 3.63) is 35.4 Å². The van der Waals surface area contributed by atoms with Gasteiger partial charge in [-0.15, -0.1) is 0 Å². The molecule has 6 heteroatoms. The average molecular weight is 307 g/mol. The number of likely N-dealkylation sites (N-methyl/N-ethyl adjacent to an activating group) is 1. The van der Waals surface area contributed by atoms with Crippen LogP contribution in [0.15, 0.2) is 24.3 Å². The lowest BCUT2D eigenvalue weighted by molar-refractivity contribution is 0.344. The number of nitrogens with zero attached hydrogens (tertiary/aromatic N) is 2. The molecule has 1 aliphatic heterocycles. The van der Waals surface area contributed by atoms with Crippen LogP contribution in [0.3, 0.4) is 0 Å². The zero-order chi connectivity index (χ0) is 15.5. The van der Waals surface area contributed by atoms with E-state index < -0.39 is 10.0 Å². The fraction of sp³-hybridized carbons (Fsp3) is 0.533. The number of sulfonamides is 1. The first-order chi connectivity index (χ1) is 9.93. The van der Waals surface area contributed by atoms with Crippen LogP contribution in [0.4, 0.5) is 0 Å². The third-order valence-corrected chi connectivity index (χ3v) is 5.25. The summed E-state index contributed by atoms with van der Waals surface area (Å²) in [5.41, 5.74) is 1.12. The van der Waals surface area contributed by atoms with Gasteiger partial charge in [0.25, 0.3) is 0 Å². The van der Waals surface area contributed by atoms with Crippen molar-refractivity contribution in [2.75, 3.05) is 19.6 Å². The Morgan fingerprint density at radius 1 is 1.43 bits per heavy atom. The molecule has 1 heterocycles. The summed E-state index contributed by atoms with van der Waals surface area (Å²) < 4.78 is 27.4. The molecule has 0 radical (unpaired) electrons. The molecule has 5 nitrogen and oxygen atoms in total. The smallest absolute Gasteiger partial charge is 0.216 e. The van der Waals surface area contributed by atoms with Gasteiger partial charge in [0.2, 0.25) is 10.0 Å². The Hall–Kier alpha value is -1.42. The van der Waals surface area contributed by atoms with E-state index in [-0.39, 0.29) is 11.8 Å². The summed E-state index contributed by atoms with van der Waals surface area (Å²) >= 11 is 0. The largest absolute Gasteiger partial charge is 0.302 e. The number of benzene rings is 1. The van der Waals surface area contributed by atoms with Crippen molar-refractivity contribution in [2.45, 2.75) is 25.6 Å². The fourth-order valence-corrected chi connectivity index (χ4v) is 4.17. The van der Waals surface area contributed by atoms with Gasteiger partial charge >= 0.3 is 0 Å². The predicted molar refractivity (Wildman–Crippen MR) is 82.0 cm³/mol. The summed E-state index contributed by atoms with van der Waals surface area (Å²) in [5, 5.41) is 8.86. The van der Waals surface area contributed by atoms with E-state index in [0.29, 0.717) is 17.0 Å². The van der Waals surface area contributed by atoms with Crippen LogP contribution in [-0.2, 0) is 15.8 Å². The molecule has 0 aromatic heterocycles. The topological polar surface area (TPSA) is 73.2 Å². The quantitative estimate of drug-likeness (QED) is 0.890. The molecule has 0 spiro atoms. The normalized spacial score (nSPS) is 23.1. The molecular formula is C15H21N3O2S. The van der Waals surface area contributed by atoms with Gasteiger partial charge in [-0.05, 0) is 30.2 Å². The third kappa shape index (κ3) is 4.27. The van der Waals surface area contributed by atoms with Gasteiger partial charge in [0.1, 0.15) is 0 Å². The van der Waals surface area contributed by atoms with Gasteiger partial charge in [-0.1, -0.05) is 26.0 Å². The molecule has 1 N–H and O–H groups in total. The van der Waals surface area contributed by atoms with E-state index in [1.807, 2.05) is 6.07 Å². The van der Waals surface area contributed by atoms with Crippen molar-refractivity contribution in [1.29, 1.82) is 5.26 Å². The van der Waals surface area contributed by atoms with Crippen LogP contribution in [0, 0.1) is 17.2 Å². The molecule has 1 fully saturated rings. The van der Waals surface area contributed by atoms with E-state index >= 15 is 0 Å². The zero-order valence-corrected chi connectivity index (χ0v) is 13.2. The second-order valence-corrected chi connectivity index (χ2v) is 7.38. The summed E-state index contributed by atoms with van der Waals surface area (Å²) in [4.78, 5) is 2.24. The summed E-state index contributed by atoms with van der Waals surface area (Å²) in [5.74, 6) is 0.225. The highest BCUT2D eigenvalue weighted by Crippen LogP contribution is 2.17. The van der Waals surface area contributed by atoms with E-state index in [9.17, 15) is 8.42 Å². The highest BCUT2D eigenvalue weighted by atomic mass is 32.2. The molecular weight excluding hydrogens is 286 g/mol. The number of rotatable bonds is 5. The van der Waals surface area contributed by atoms with Gasteiger partial charge in [0, 0.05) is 19.1 Å². The lowest BCUT2D eigenvalue weighted by atomic mass is 10.1. The molecule has 1 aromatic rings. The first-order valence-corrected chi connectivity index (χ1v) is 8.80. The molecule has 1 saturated heterocycles. The highest BCUT2D eigenvalue weighted by Gasteiger charge is 2.31. The Morgan fingerprint density at radius 3 is 2.81 bits per heavy atom. The number of nitriles is 1. The Bertz CT molecular complexity index is 637. The molecule has 0 aliphatic carbocycles. The summed E-state index contributed by atoms with van der Waals surface area (Å²) in [6, 6.07) is 8.72. The van der Waals surface area contributed by atoms with Gasteiger partial charge in [-0.25, -0.2) is 13.1 Å². The minimum atomic E-state index is -3.39. The fourth-order valence-electron chi connectivity index (χ4n) is 2.70. The molecule has 114 valence electrons. The van der Waals surface area contributed by atoms with Crippen LogP contribution in [0.1, 0.15) is 25.0 Å². The molecule has 0 saturated carbocycles. The van der Waals surface area contributed by atoms with Gasteiger partial charge in [0.05, 0.1) is 17.4 Å². The molecule has 2 atom stereocenters. The lowest BCUT2D eigenvalue weighted by Crippen LogP contribution is -2.40. The molecule has 1 aliphatic rings. The Kier molecular flexibility index (Phi) is 4.99. The maximum atomic E-state index is 12.3.